The maximum Gasteiger partial charge on any atom is 0.343 e. The van der Waals surface area contributed by atoms with Gasteiger partial charge in [0.2, 0.25) is 0 Å². The maximum atomic E-state index is 12.1. The van der Waals surface area contributed by atoms with Crippen LogP contribution in [0.5, 0.6) is 11.5 Å². The third-order valence-corrected chi connectivity index (χ3v) is 3.92. The van der Waals surface area contributed by atoms with Gasteiger partial charge in [-0.1, -0.05) is 41.9 Å². The SMILES string of the molecule is O=C(COc1ccc(Cl)cc1)NN=Cc1cccc(OC(=O)c2ccccc2)c1. The fourth-order valence-corrected chi connectivity index (χ4v) is 2.42. The molecule has 146 valence electrons. The summed E-state index contributed by atoms with van der Waals surface area (Å²) >= 11 is 5.79. The molecule has 29 heavy (non-hydrogen) atoms. The molecule has 0 fully saturated rings. The summed E-state index contributed by atoms with van der Waals surface area (Å²) in [4.78, 5) is 23.9. The van der Waals surface area contributed by atoms with Crippen molar-refractivity contribution >= 4 is 29.7 Å². The molecule has 7 heteroatoms. The van der Waals surface area contributed by atoms with Gasteiger partial charge >= 0.3 is 5.97 Å². The van der Waals surface area contributed by atoms with Crippen molar-refractivity contribution in [3.63, 3.8) is 0 Å². The first kappa shape index (κ1) is 20.1. The summed E-state index contributed by atoms with van der Waals surface area (Å²) in [6.45, 7) is -0.187. The van der Waals surface area contributed by atoms with Crippen LogP contribution in [0, 0.1) is 0 Å². The van der Waals surface area contributed by atoms with E-state index in [1.165, 1.54) is 6.21 Å². The van der Waals surface area contributed by atoms with Crippen LogP contribution in [0.15, 0.2) is 84.0 Å². The zero-order valence-corrected chi connectivity index (χ0v) is 16.0. The number of carbonyl (C=O) groups is 2. The second kappa shape index (κ2) is 10.1. The summed E-state index contributed by atoms with van der Waals surface area (Å²) in [5, 5.41) is 4.47. The molecule has 0 bridgehead atoms. The first-order chi connectivity index (χ1) is 14.1. The quantitative estimate of drug-likeness (QED) is 0.276. The molecule has 1 N–H and O–H groups in total. The van der Waals surface area contributed by atoms with Crippen molar-refractivity contribution in [2.45, 2.75) is 0 Å². The topological polar surface area (TPSA) is 77.0 Å². The molecule has 0 unspecified atom stereocenters. The molecule has 0 aliphatic carbocycles. The second-order valence-corrected chi connectivity index (χ2v) is 6.30. The molecule has 1 amide bonds. The molecule has 6 nitrogen and oxygen atoms in total. The molecule has 0 atom stereocenters. The number of hydrazone groups is 1. The summed E-state index contributed by atoms with van der Waals surface area (Å²) < 4.78 is 10.7. The Morgan fingerprint density at radius 3 is 2.45 bits per heavy atom. The van der Waals surface area contributed by atoms with Crippen molar-refractivity contribution in [3.05, 3.63) is 95.0 Å². The van der Waals surface area contributed by atoms with Gasteiger partial charge in [-0.3, -0.25) is 4.79 Å². The predicted molar refractivity (Wildman–Crippen MR) is 111 cm³/mol. The number of hydrogen-bond donors (Lipinski definition) is 1. The number of carbonyl (C=O) groups excluding carboxylic acids is 2. The number of benzene rings is 3. The van der Waals surface area contributed by atoms with Crippen LogP contribution in [-0.2, 0) is 4.79 Å². The number of rotatable bonds is 7. The number of amides is 1. The molecule has 0 heterocycles. The summed E-state index contributed by atoms with van der Waals surface area (Å²) in [6, 6.07) is 22.2. The van der Waals surface area contributed by atoms with E-state index < -0.39 is 11.9 Å². The minimum atomic E-state index is -0.452. The zero-order valence-electron chi connectivity index (χ0n) is 15.2. The largest absolute Gasteiger partial charge is 0.484 e. The molecule has 0 aromatic heterocycles. The molecule has 0 saturated carbocycles. The number of nitrogens with one attached hydrogen (secondary N) is 1. The fourth-order valence-electron chi connectivity index (χ4n) is 2.29. The molecular weight excluding hydrogens is 392 g/mol. The van der Waals surface area contributed by atoms with Gasteiger partial charge in [0.05, 0.1) is 11.8 Å². The van der Waals surface area contributed by atoms with E-state index in [2.05, 4.69) is 10.5 Å². The molecular formula is C22H17ClN2O4. The Morgan fingerprint density at radius 1 is 0.931 bits per heavy atom. The van der Waals surface area contributed by atoms with Crippen LogP contribution in [-0.4, -0.2) is 24.7 Å². The molecule has 0 spiro atoms. The van der Waals surface area contributed by atoms with Crippen LogP contribution in [0.2, 0.25) is 5.02 Å². The highest BCUT2D eigenvalue weighted by molar-refractivity contribution is 6.30. The van der Waals surface area contributed by atoms with Gasteiger partial charge in [0, 0.05) is 5.02 Å². The van der Waals surface area contributed by atoms with E-state index in [4.69, 9.17) is 21.1 Å². The highest BCUT2D eigenvalue weighted by Crippen LogP contribution is 2.16. The Balaban J connectivity index is 1.50. The van der Waals surface area contributed by atoms with Crippen molar-refractivity contribution in [1.29, 1.82) is 0 Å². The van der Waals surface area contributed by atoms with E-state index >= 15 is 0 Å². The zero-order chi connectivity index (χ0) is 20.5. The predicted octanol–water partition coefficient (Wildman–Crippen LogP) is 4.09. The van der Waals surface area contributed by atoms with Crippen LogP contribution in [0.4, 0.5) is 0 Å². The normalized spacial score (nSPS) is 10.5. The van der Waals surface area contributed by atoms with Crippen molar-refractivity contribution < 1.29 is 19.1 Å². The molecule has 3 aromatic carbocycles. The van der Waals surface area contributed by atoms with Crippen molar-refractivity contribution in [3.8, 4) is 11.5 Å². The molecule has 0 saturated heterocycles. The third kappa shape index (κ3) is 6.48. The highest BCUT2D eigenvalue weighted by Gasteiger charge is 2.07. The summed E-state index contributed by atoms with van der Waals surface area (Å²) in [5.74, 6) is 0.0388. The van der Waals surface area contributed by atoms with Crippen LogP contribution in [0.3, 0.4) is 0 Å². The molecule has 3 rings (SSSR count). The first-order valence-electron chi connectivity index (χ1n) is 8.68. The summed E-state index contributed by atoms with van der Waals surface area (Å²) in [5.41, 5.74) is 3.48. The van der Waals surface area contributed by atoms with E-state index in [0.29, 0.717) is 27.6 Å². The van der Waals surface area contributed by atoms with E-state index in [-0.39, 0.29) is 6.61 Å². The van der Waals surface area contributed by atoms with Gasteiger partial charge < -0.3 is 9.47 Å². The number of halogens is 1. The van der Waals surface area contributed by atoms with E-state index in [0.717, 1.165) is 0 Å². The number of nitrogens with zero attached hydrogens (tertiary/aromatic N) is 1. The van der Waals surface area contributed by atoms with Crippen LogP contribution in [0.25, 0.3) is 0 Å². The lowest BCUT2D eigenvalue weighted by Crippen LogP contribution is -2.24. The Kier molecular flexibility index (Phi) is 6.97. The summed E-state index contributed by atoms with van der Waals surface area (Å²) in [6.07, 6.45) is 1.44. The van der Waals surface area contributed by atoms with Crippen LogP contribution >= 0.6 is 11.6 Å². The molecule has 0 aliphatic heterocycles. The van der Waals surface area contributed by atoms with Crippen LogP contribution < -0.4 is 14.9 Å². The molecule has 0 aliphatic rings. The standard InChI is InChI=1S/C22H17ClN2O4/c23-18-9-11-19(12-10-18)28-15-21(26)25-24-14-16-5-4-8-20(13-16)29-22(27)17-6-2-1-3-7-17/h1-14H,15H2,(H,25,26). The van der Waals surface area contributed by atoms with Crippen molar-refractivity contribution in [2.24, 2.45) is 5.10 Å². The Hall–Kier alpha value is -3.64. The fraction of sp³-hybridized carbons (Fsp3) is 0.0455. The average Bonchev–Trinajstić information content (AvgIpc) is 2.74. The third-order valence-electron chi connectivity index (χ3n) is 3.66. The summed E-state index contributed by atoms with van der Waals surface area (Å²) in [7, 11) is 0. The average molecular weight is 409 g/mol. The second-order valence-electron chi connectivity index (χ2n) is 5.86. The van der Waals surface area contributed by atoms with E-state index in [9.17, 15) is 9.59 Å². The van der Waals surface area contributed by atoms with E-state index in [1.54, 1.807) is 72.8 Å². The maximum absolute atomic E-state index is 12.1. The number of esters is 1. The Labute approximate surface area is 172 Å². The lowest BCUT2D eigenvalue weighted by Gasteiger charge is -2.05. The van der Waals surface area contributed by atoms with Crippen molar-refractivity contribution in [1.82, 2.24) is 5.43 Å². The van der Waals surface area contributed by atoms with Gasteiger partial charge in [0.25, 0.3) is 5.91 Å². The van der Waals surface area contributed by atoms with Gasteiger partial charge in [-0.15, -0.1) is 0 Å². The monoisotopic (exact) mass is 408 g/mol. The highest BCUT2D eigenvalue weighted by atomic mass is 35.5. The lowest BCUT2D eigenvalue weighted by atomic mass is 10.2. The Bertz CT molecular complexity index is 1000. The Morgan fingerprint density at radius 2 is 1.69 bits per heavy atom. The van der Waals surface area contributed by atoms with Gasteiger partial charge in [-0.25, -0.2) is 10.2 Å². The smallest absolute Gasteiger partial charge is 0.343 e. The van der Waals surface area contributed by atoms with Gasteiger partial charge in [-0.2, -0.15) is 5.10 Å². The minimum Gasteiger partial charge on any atom is -0.484 e. The van der Waals surface area contributed by atoms with Crippen LogP contribution in [0.1, 0.15) is 15.9 Å². The number of hydrogen-bond acceptors (Lipinski definition) is 5. The van der Waals surface area contributed by atoms with Crippen molar-refractivity contribution in [2.75, 3.05) is 6.61 Å². The lowest BCUT2D eigenvalue weighted by molar-refractivity contribution is -0.123. The minimum absolute atomic E-state index is 0.187. The molecule has 3 aromatic rings. The van der Waals surface area contributed by atoms with Gasteiger partial charge in [0.15, 0.2) is 6.61 Å². The number of ether oxygens (including phenoxy) is 2. The van der Waals surface area contributed by atoms with Gasteiger partial charge in [-0.05, 0) is 54.1 Å². The first-order valence-corrected chi connectivity index (χ1v) is 9.05. The van der Waals surface area contributed by atoms with Gasteiger partial charge in [0.1, 0.15) is 11.5 Å². The van der Waals surface area contributed by atoms with E-state index in [1.807, 2.05) is 6.07 Å². The molecule has 0 radical (unpaired) electrons.